The van der Waals surface area contributed by atoms with Crippen LogP contribution in [0.25, 0.3) is 10.2 Å². The number of nitrogens with one attached hydrogen (secondary N) is 1. The van der Waals surface area contributed by atoms with Gasteiger partial charge in [0.05, 0.1) is 30.8 Å². The molecule has 6 nitrogen and oxygen atoms in total. The number of nitrogens with zero attached hydrogens (tertiary/aromatic N) is 2. The fourth-order valence-electron chi connectivity index (χ4n) is 4.55. The molecule has 3 heterocycles. The fraction of sp³-hybridized carbons (Fsp3) is 0.360. The van der Waals surface area contributed by atoms with Gasteiger partial charge in [0.2, 0.25) is 0 Å². The number of aryl methyl sites for hydroxylation is 2. The van der Waals surface area contributed by atoms with E-state index in [1.165, 1.54) is 16.9 Å². The number of aromatic amines is 1. The van der Waals surface area contributed by atoms with Gasteiger partial charge in [-0.3, -0.25) is 9.69 Å². The Kier molecular flexibility index (Phi) is 6.21. The number of hydrogen-bond donors (Lipinski definition) is 2. The Balaban J connectivity index is 1.38. The highest BCUT2D eigenvalue weighted by Crippen LogP contribution is 2.33. The number of benzene rings is 1. The zero-order valence-corrected chi connectivity index (χ0v) is 18.7. The minimum atomic E-state index is -0.545. The number of fused-ring (bicyclic) bond motifs is 3. The highest BCUT2D eigenvalue weighted by molar-refractivity contribution is 7.18. The van der Waals surface area contributed by atoms with Gasteiger partial charge >= 0.3 is 0 Å². The van der Waals surface area contributed by atoms with Crippen molar-refractivity contribution in [3.8, 4) is 0 Å². The first-order valence-electron chi connectivity index (χ1n) is 11.2. The summed E-state index contributed by atoms with van der Waals surface area (Å²) >= 11 is 1.66. The molecule has 4 aromatic rings. The monoisotopic (exact) mass is 449 g/mol. The van der Waals surface area contributed by atoms with Gasteiger partial charge in [0, 0.05) is 11.4 Å². The molecule has 0 fully saturated rings. The van der Waals surface area contributed by atoms with Crippen molar-refractivity contribution in [1.29, 1.82) is 0 Å². The summed E-state index contributed by atoms with van der Waals surface area (Å²) in [6.07, 6.45) is 6.00. The van der Waals surface area contributed by atoms with E-state index in [-0.39, 0.29) is 5.56 Å². The standard InChI is InChI=1S/C25H27N3O3S/c29-18(13-17-7-2-1-3-8-17)14-28(15-19-9-6-12-31-19)16-22-26-24(30)23-20-10-4-5-11-21(20)32-25(23)27-22/h1-3,6-9,12,18,29H,4-5,10-11,13-16H2,(H,26,27,30). The first-order chi connectivity index (χ1) is 15.7. The summed E-state index contributed by atoms with van der Waals surface area (Å²) in [5.41, 5.74) is 2.24. The Morgan fingerprint density at radius 3 is 2.78 bits per heavy atom. The lowest BCUT2D eigenvalue weighted by molar-refractivity contribution is 0.0988. The molecule has 0 spiro atoms. The molecular weight excluding hydrogens is 422 g/mol. The predicted molar refractivity (Wildman–Crippen MR) is 126 cm³/mol. The maximum absolute atomic E-state index is 12.9. The zero-order chi connectivity index (χ0) is 21.9. The molecule has 5 rings (SSSR count). The lowest BCUT2D eigenvalue weighted by atomic mass is 9.97. The summed E-state index contributed by atoms with van der Waals surface area (Å²) in [4.78, 5) is 25.0. The van der Waals surface area contributed by atoms with Crippen molar-refractivity contribution in [3.05, 3.63) is 86.7 Å². The molecule has 1 aliphatic rings. The van der Waals surface area contributed by atoms with E-state index in [1.807, 2.05) is 42.5 Å². The summed E-state index contributed by atoms with van der Waals surface area (Å²) in [5, 5.41) is 11.5. The summed E-state index contributed by atoms with van der Waals surface area (Å²) < 4.78 is 5.54. The molecule has 0 saturated carbocycles. The van der Waals surface area contributed by atoms with E-state index in [4.69, 9.17) is 9.40 Å². The molecule has 166 valence electrons. The molecule has 0 saturated heterocycles. The molecule has 3 aromatic heterocycles. The number of thiophene rings is 1. The number of aliphatic hydroxyl groups is 1. The molecule has 0 aliphatic heterocycles. The molecule has 0 radical (unpaired) electrons. The quantitative estimate of drug-likeness (QED) is 0.424. The number of rotatable bonds is 8. The van der Waals surface area contributed by atoms with Crippen LogP contribution in [0, 0.1) is 0 Å². The Labute approximate surface area is 190 Å². The molecule has 1 aliphatic carbocycles. The van der Waals surface area contributed by atoms with Crippen LogP contribution in [-0.4, -0.2) is 32.6 Å². The van der Waals surface area contributed by atoms with Crippen LogP contribution in [0.2, 0.25) is 0 Å². The summed E-state index contributed by atoms with van der Waals surface area (Å²) in [7, 11) is 0. The Hall–Kier alpha value is -2.74. The maximum atomic E-state index is 12.9. The van der Waals surface area contributed by atoms with Crippen LogP contribution in [0.5, 0.6) is 0 Å². The summed E-state index contributed by atoms with van der Waals surface area (Å²) in [6, 6.07) is 13.7. The zero-order valence-electron chi connectivity index (χ0n) is 17.9. The highest BCUT2D eigenvalue weighted by atomic mass is 32.1. The van der Waals surface area contributed by atoms with Crippen LogP contribution in [0.3, 0.4) is 0 Å². The second kappa shape index (κ2) is 9.40. The number of H-pyrrole nitrogens is 1. The van der Waals surface area contributed by atoms with E-state index in [0.717, 1.165) is 40.8 Å². The average molecular weight is 450 g/mol. The van der Waals surface area contributed by atoms with Crippen molar-refractivity contribution in [3.63, 3.8) is 0 Å². The van der Waals surface area contributed by atoms with Gasteiger partial charge < -0.3 is 14.5 Å². The van der Waals surface area contributed by atoms with Gasteiger partial charge in [-0.1, -0.05) is 30.3 Å². The van der Waals surface area contributed by atoms with E-state index in [1.54, 1.807) is 17.6 Å². The molecule has 1 aromatic carbocycles. The van der Waals surface area contributed by atoms with Crippen LogP contribution in [0.1, 0.15) is 40.4 Å². The van der Waals surface area contributed by atoms with Crippen LogP contribution < -0.4 is 5.56 Å². The third kappa shape index (κ3) is 4.70. The van der Waals surface area contributed by atoms with Gasteiger partial charge in [0.15, 0.2) is 0 Å². The summed E-state index contributed by atoms with van der Waals surface area (Å²) in [5.74, 6) is 1.44. The normalized spacial score (nSPS) is 14.7. The lowest BCUT2D eigenvalue weighted by Crippen LogP contribution is -2.34. The maximum Gasteiger partial charge on any atom is 0.259 e. The molecule has 32 heavy (non-hydrogen) atoms. The van der Waals surface area contributed by atoms with Gasteiger partial charge in [-0.2, -0.15) is 0 Å². The third-order valence-electron chi connectivity index (χ3n) is 5.99. The van der Waals surface area contributed by atoms with E-state index >= 15 is 0 Å². The topological polar surface area (TPSA) is 82.4 Å². The molecule has 2 N–H and O–H groups in total. The number of aliphatic hydroxyl groups excluding tert-OH is 1. The first-order valence-corrected chi connectivity index (χ1v) is 12.0. The van der Waals surface area contributed by atoms with Crippen LogP contribution in [0.15, 0.2) is 57.9 Å². The largest absolute Gasteiger partial charge is 0.468 e. The van der Waals surface area contributed by atoms with Gasteiger partial charge in [-0.05, 0) is 55.4 Å². The fourth-order valence-corrected chi connectivity index (χ4v) is 5.83. The number of aromatic nitrogens is 2. The Morgan fingerprint density at radius 1 is 1.12 bits per heavy atom. The highest BCUT2D eigenvalue weighted by Gasteiger charge is 2.21. The first kappa shape index (κ1) is 21.1. The average Bonchev–Trinajstić information content (AvgIpc) is 3.41. The molecule has 0 bridgehead atoms. The van der Waals surface area contributed by atoms with Crippen molar-refractivity contribution in [1.82, 2.24) is 14.9 Å². The van der Waals surface area contributed by atoms with Gasteiger partial charge in [0.25, 0.3) is 5.56 Å². The molecule has 1 atom stereocenters. The molecular formula is C25H27N3O3S. The van der Waals surface area contributed by atoms with E-state index in [0.29, 0.717) is 31.9 Å². The van der Waals surface area contributed by atoms with E-state index in [2.05, 4.69) is 9.88 Å². The smallest absolute Gasteiger partial charge is 0.259 e. The van der Waals surface area contributed by atoms with Crippen molar-refractivity contribution >= 4 is 21.6 Å². The van der Waals surface area contributed by atoms with Gasteiger partial charge in [-0.15, -0.1) is 11.3 Å². The predicted octanol–water partition coefficient (Wildman–Crippen LogP) is 4.06. The molecule has 1 unspecified atom stereocenters. The van der Waals surface area contributed by atoms with Crippen LogP contribution in [0.4, 0.5) is 0 Å². The van der Waals surface area contributed by atoms with Crippen molar-refractivity contribution < 1.29 is 9.52 Å². The van der Waals surface area contributed by atoms with Crippen molar-refractivity contribution in [2.45, 2.75) is 51.3 Å². The Morgan fingerprint density at radius 2 is 1.97 bits per heavy atom. The van der Waals surface area contributed by atoms with Crippen LogP contribution in [-0.2, 0) is 32.4 Å². The van der Waals surface area contributed by atoms with Crippen molar-refractivity contribution in [2.75, 3.05) is 6.54 Å². The minimum Gasteiger partial charge on any atom is -0.468 e. The summed E-state index contributed by atoms with van der Waals surface area (Å²) in [6.45, 7) is 1.40. The minimum absolute atomic E-state index is 0.0489. The van der Waals surface area contributed by atoms with Gasteiger partial charge in [0.1, 0.15) is 16.4 Å². The molecule has 7 heteroatoms. The second-order valence-corrected chi connectivity index (χ2v) is 9.58. The second-order valence-electron chi connectivity index (χ2n) is 8.50. The lowest BCUT2D eigenvalue weighted by Gasteiger charge is -2.24. The SMILES string of the molecule is O=c1[nH]c(CN(Cc2ccco2)CC(O)Cc2ccccc2)nc2sc3c(c12)CCCC3. The van der Waals surface area contributed by atoms with Crippen molar-refractivity contribution in [2.24, 2.45) is 0 Å². The third-order valence-corrected chi connectivity index (χ3v) is 7.18. The van der Waals surface area contributed by atoms with E-state index < -0.39 is 6.10 Å². The Bertz CT molecular complexity index is 1230. The van der Waals surface area contributed by atoms with Crippen LogP contribution >= 0.6 is 11.3 Å². The number of hydrogen-bond acceptors (Lipinski definition) is 6. The van der Waals surface area contributed by atoms with Gasteiger partial charge in [-0.25, -0.2) is 4.98 Å². The molecule has 0 amide bonds. The van der Waals surface area contributed by atoms with E-state index in [9.17, 15) is 9.90 Å². The number of furan rings is 1.